The molecule has 0 aliphatic carbocycles. The lowest BCUT2D eigenvalue weighted by Gasteiger charge is -2.10. The van der Waals surface area contributed by atoms with E-state index < -0.39 is 11.8 Å². The van der Waals surface area contributed by atoms with Crippen LogP contribution in [0.15, 0.2) is 18.2 Å². The highest BCUT2D eigenvalue weighted by molar-refractivity contribution is 5.92. The maximum atomic E-state index is 13.1. The van der Waals surface area contributed by atoms with Crippen molar-refractivity contribution in [1.82, 2.24) is 10.6 Å². The largest absolute Gasteiger partial charge is 0.483 e. The summed E-state index contributed by atoms with van der Waals surface area (Å²) in [5.74, 6) is -1.52. The van der Waals surface area contributed by atoms with Gasteiger partial charge in [-0.3, -0.25) is 4.79 Å². The minimum absolute atomic E-state index is 0. The lowest BCUT2D eigenvalue weighted by Crippen LogP contribution is -2.31. The first kappa shape index (κ1) is 20.1. The van der Waals surface area contributed by atoms with Crippen molar-refractivity contribution >= 4 is 24.3 Å². The summed E-state index contributed by atoms with van der Waals surface area (Å²) in [5, 5.41) is 5.63. The molecule has 2 N–H and O–H groups in total. The number of hydrogen-bond acceptors (Lipinski definition) is 5. The van der Waals surface area contributed by atoms with Crippen LogP contribution in [0, 0.1) is 5.82 Å². The lowest BCUT2D eigenvalue weighted by atomic mass is 10.2. The van der Waals surface area contributed by atoms with E-state index in [0.717, 1.165) is 25.1 Å². The van der Waals surface area contributed by atoms with Crippen LogP contribution in [0.1, 0.15) is 16.8 Å². The Morgan fingerprint density at radius 3 is 2.64 bits per heavy atom. The minimum atomic E-state index is -0.723. The third-order valence-electron chi connectivity index (χ3n) is 2.63. The zero-order valence-electron chi connectivity index (χ0n) is 12.5. The van der Waals surface area contributed by atoms with Gasteiger partial charge in [-0.25, -0.2) is 9.18 Å². The number of nitrogens with one attached hydrogen (secondary N) is 2. The molecule has 124 valence electrons. The molecule has 6 nitrogen and oxygen atoms in total. The summed E-state index contributed by atoms with van der Waals surface area (Å²) in [6, 6.07) is 3.44. The molecule has 1 rings (SSSR count). The highest BCUT2D eigenvalue weighted by Gasteiger charge is 2.15. The molecule has 0 atom stereocenters. The van der Waals surface area contributed by atoms with Crippen LogP contribution in [0.4, 0.5) is 4.39 Å². The fourth-order valence-corrected chi connectivity index (χ4v) is 1.58. The van der Waals surface area contributed by atoms with Gasteiger partial charge in [0.25, 0.3) is 5.91 Å². The Labute approximate surface area is 134 Å². The number of methoxy groups -OCH3 is 1. The molecular formula is C14H20ClFN2O4. The summed E-state index contributed by atoms with van der Waals surface area (Å²) in [5.41, 5.74) is -0.0551. The summed E-state index contributed by atoms with van der Waals surface area (Å²) in [4.78, 5) is 23.0. The molecule has 1 aromatic carbocycles. The molecule has 1 amide bonds. The summed E-state index contributed by atoms with van der Waals surface area (Å²) in [6.45, 7) is 1.07. The number of ether oxygens (including phenoxy) is 2. The number of halogens is 2. The van der Waals surface area contributed by atoms with Crippen molar-refractivity contribution in [3.05, 3.63) is 29.6 Å². The van der Waals surface area contributed by atoms with Crippen molar-refractivity contribution in [2.24, 2.45) is 0 Å². The lowest BCUT2D eigenvalue weighted by molar-refractivity contribution is -0.123. The second-order valence-corrected chi connectivity index (χ2v) is 4.23. The molecule has 0 aliphatic heterocycles. The fraction of sp³-hybridized carbons (Fsp3) is 0.429. The van der Waals surface area contributed by atoms with Gasteiger partial charge in [-0.2, -0.15) is 0 Å². The van der Waals surface area contributed by atoms with E-state index in [-0.39, 0.29) is 36.2 Å². The van der Waals surface area contributed by atoms with E-state index in [0.29, 0.717) is 6.54 Å². The van der Waals surface area contributed by atoms with Crippen molar-refractivity contribution in [3.63, 3.8) is 0 Å². The van der Waals surface area contributed by atoms with Gasteiger partial charge in [-0.15, -0.1) is 12.4 Å². The van der Waals surface area contributed by atoms with Crippen LogP contribution in [-0.4, -0.2) is 45.7 Å². The summed E-state index contributed by atoms with van der Waals surface area (Å²) in [6.07, 6.45) is 0.798. The summed E-state index contributed by atoms with van der Waals surface area (Å²) in [7, 11) is 3.01. The van der Waals surface area contributed by atoms with Crippen molar-refractivity contribution < 1.29 is 23.5 Å². The van der Waals surface area contributed by atoms with Gasteiger partial charge >= 0.3 is 5.97 Å². The molecule has 0 unspecified atom stereocenters. The Morgan fingerprint density at radius 2 is 2.00 bits per heavy atom. The maximum absolute atomic E-state index is 13.1. The quantitative estimate of drug-likeness (QED) is 0.550. The zero-order valence-corrected chi connectivity index (χ0v) is 13.3. The first-order valence-electron chi connectivity index (χ1n) is 6.50. The number of carbonyl (C=O) groups is 2. The third-order valence-corrected chi connectivity index (χ3v) is 2.63. The van der Waals surface area contributed by atoms with Gasteiger partial charge in [0.05, 0.1) is 7.11 Å². The first-order valence-corrected chi connectivity index (χ1v) is 6.50. The van der Waals surface area contributed by atoms with E-state index in [4.69, 9.17) is 4.74 Å². The van der Waals surface area contributed by atoms with E-state index in [1.807, 2.05) is 7.05 Å². The molecule has 0 saturated carbocycles. The maximum Gasteiger partial charge on any atom is 0.341 e. The fourth-order valence-electron chi connectivity index (χ4n) is 1.58. The molecule has 0 fully saturated rings. The predicted octanol–water partition coefficient (Wildman–Crippen LogP) is 1.14. The average Bonchev–Trinajstić information content (AvgIpc) is 2.49. The molecule has 0 radical (unpaired) electrons. The minimum Gasteiger partial charge on any atom is -0.483 e. The normalized spacial score (nSPS) is 9.59. The Bertz CT molecular complexity index is 500. The Hall–Kier alpha value is -1.86. The number of amides is 1. The molecule has 0 spiro atoms. The first-order chi connectivity index (χ1) is 10.1. The van der Waals surface area contributed by atoms with Crippen LogP contribution < -0.4 is 15.4 Å². The standard InChI is InChI=1S/C14H19FN2O4.ClH/c1-16-6-3-7-17-13(18)9-21-12-5-4-10(15)8-11(12)14(19)20-2;/h4-5,8,16H,3,6-7,9H2,1-2H3,(H,17,18);1H. The van der Waals surface area contributed by atoms with Crippen LogP contribution in [0.2, 0.25) is 0 Å². The number of benzene rings is 1. The number of esters is 1. The Kier molecular flexibility index (Phi) is 9.89. The van der Waals surface area contributed by atoms with Crippen LogP contribution in [0.25, 0.3) is 0 Å². The topological polar surface area (TPSA) is 76.7 Å². The van der Waals surface area contributed by atoms with Gasteiger partial charge in [0, 0.05) is 6.54 Å². The van der Waals surface area contributed by atoms with Crippen molar-refractivity contribution in [2.75, 3.05) is 33.9 Å². The summed E-state index contributed by atoms with van der Waals surface area (Å²) < 4.78 is 22.9. The summed E-state index contributed by atoms with van der Waals surface area (Å²) >= 11 is 0. The van der Waals surface area contributed by atoms with Gasteiger partial charge in [-0.1, -0.05) is 0 Å². The molecule has 0 saturated heterocycles. The molecule has 0 aliphatic rings. The smallest absolute Gasteiger partial charge is 0.341 e. The Balaban J connectivity index is 0.00000441. The van der Waals surface area contributed by atoms with Crippen LogP contribution in [-0.2, 0) is 9.53 Å². The van der Waals surface area contributed by atoms with Gasteiger partial charge in [0.2, 0.25) is 0 Å². The van der Waals surface area contributed by atoms with Crippen LogP contribution >= 0.6 is 12.4 Å². The Morgan fingerprint density at radius 1 is 1.27 bits per heavy atom. The molecular weight excluding hydrogens is 315 g/mol. The van der Waals surface area contributed by atoms with E-state index in [1.165, 1.54) is 13.2 Å². The zero-order chi connectivity index (χ0) is 15.7. The molecule has 0 heterocycles. The molecule has 1 aromatic rings. The molecule has 0 bridgehead atoms. The number of rotatable bonds is 8. The average molecular weight is 335 g/mol. The van der Waals surface area contributed by atoms with Gasteiger partial charge < -0.3 is 20.1 Å². The van der Waals surface area contributed by atoms with E-state index >= 15 is 0 Å². The number of carbonyl (C=O) groups excluding carboxylic acids is 2. The van der Waals surface area contributed by atoms with E-state index in [1.54, 1.807) is 0 Å². The van der Waals surface area contributed by atoms with Crippen molar-refractivity contribution in [2.45, 2.75) is 6.42 Å². The third kappa shape index (κ3) is 6.73. The highest BCUT2D eigenvalue weighted by atomic mass is 35.5. The van der Waals surface area contributed by atoms with Gasteiger partial charge in [0.1, 0.15) is 17.1 Å². The van der Waals surface area contributed by atoms with Crippen LogP contribution in [0.5, 0.6) is 5.75 Å². The monoisotopic (exact) mass is 334 g/mol. The molecule has 0 aromatic heterocycles. The molecule has 22 heavy (non-hydrogen) atoms. The van der Waals surface area contributed by atoms with Crippen molar-refractivity contribution in [3.8, 4) is 5.75 Å². The predicted molar refractivity (Wildman–Crippen MR) is 82.0 cm³/mol. The van der Waals surface area contributed by atoms with Crippen LogP contribution in [0.3, 0.4) is 0 Å². The second-order valence-electron chi connectivity index (χ2n) is 4.23. The SMILES string of the molecule is CNCCCNC(=O)COc1ccc(F)cc1C(=O)OC.Cl. The van der Waals surface area contributed by atoms with E-state index in [9.17, 15) is 14.0 Å². The van der Waals surface area contributed by atoms with Gasteiger partial charge in [-0.05, 0) is 38.2 Å². The van der Waals surface area contributed by atoms with Gasteiger partial charge in [0.15, 0.2) is 6.61 Å². The van der Waals surface area contributed by atoms with Crippen molar-refractivity contribution in [1.29, 1.82) is 0 Å². The van der Waals surface area contributed by atoms with E-state index in [2.05, 4.69) is 15.4 Å². The number of hydrogen-bond donors (Lipinski definition) is 2. The molecule has 8 heteroatoms. The second kappa shape index (κ2) is 10.8. The highest BCUT2D eigenvalue weighted by Crippen LogP contribution is 2.20.